The van der Waals surface area contributed by atoms with Gasteiger partial charge in [0.25, 0.3) is 11.8 Å². The minimum absolute atomic E-state index is 0.0111. The second-order valence-electron chi connectivity index (χ2n) is 12.6. The summed E-state index contributed by atoms with van der Waals surface area (Å²) in [5, 5.41) is 12.5. The number of methoxy groups -OCH3 is 3. The summed E-state index contributed by atoms with van der Waals surface area (Å²) in [6.07, 6.45) is 0.831. The molecule has 1 saturated carbocycles. The van der Waals surface area contributed by atoms with E-state index in [2.05, 4.69) is 5.43 Å². The van der Waals surface area contributed by atoms with Crippen molar-refractivity contribution in [2.75, 3.05) is 26.8 Å². The van der Waals surface area contributed by atoms with E-state index in [1.807, 2.05) is 6.08 Å². The average molecular weight is 721 g/mol. The number of phenolic OH excluding ortho intramolecular Hbond substituents is 1. The number of ether oxygens (including phenoxy) is 3. The number of rotatable bonds is 6. The van der Waals surface area contributed by atoms with Crippen LogP contribution in [0.3, 0.4) is 0 Å². The van der Waals surface area contributed by atoms with Crippen molar-refractivity contribution in [1.82, 2.24) is 9.91 Å². The first-order chi connectivity index (χ1) is 24.0. The van der Waals surface area contributed by atoms with Gasteiger partial charge in [0, 0.05) is 10.9 Å². The van der Waals surface area contributed by atoms with Gasteiger partial charge in [0.15, 0.2) is 11.5 Å². The summed E-state index contributed by atoms with van der Waals surface area (Å²) in [6, 6.07) is 16.2. The minimum Gasteiger partial charge on any atom is -0.504 e. The number of imide groups is 4. The fourth-order valence-electron chi connectivity index (χ4n) is 8.38. The largest absolute Gasteiger partial charge is 0.504 e. The summed E-state index contributed by atoms with van der Waals surface area (Å²) in [7, 11) is 4.00. The lowest BCUT2D eigenvalue weighted by Gasteiger charge is -2.50. The maximum Gasteiger partial charge on any atom is 0.423 e. The van der Waals surface area contributed by atoms with Gasteiger partial charge in [-0.05, 0) is 72.4 Å². The van der Waals surface area contributed by atoms with E-state index >= 15 is 4.79 Å². The van der Waals surface area contributed by atoms with E-state index in [-0.39, 0.29) is 35.1 Å². The van der Waals surface area contributed by atoms with Crippen LogP contribution in [0.4, 0.5) is 10.5 Å². The quantitative estimate of drug-likeness (QED) is 0.248. The number of hydrogen-bond donors (Lipinski definition) is 2. The van der Waals surface area contributed by atoms with Crippen molar-refractivity contribution in [2.24, 2.45) is 23.7 Å². The average Bonchev–Trinajstić information content (AvgIpc) is 3.49. The lowest BCUT2D eigenvalue weighted by Crippen LogP contribution is -2.53. The number of carbonyl (C=O) groups is 5. The third-order valence-electron chi connectivity index (χ3n) is 10.5. The molecule has 0 radical (unpaired) electrons. The Morgan fingerprint density at radius 1 is 0.900 bits per heavy atom. The molecule has 258 valence electrons. The molecule has 3 aromatic carbocycles. The van der Waals surface area contributed by atoms with Crippen molar-refractivity contribution in [3.63, 3.8) is 0 Å². The van der Waals surface area contributed by atoms with Gasteiger partial charge in [-0.25, -0.2) is 4.79 Å². The van der Waals surface area contributed by atoms with E-state index in [0.717, 1.165) is 12.1 Å². The SMILES string of the molecule is COC(=O)N1C(=O)[C@H]2[C@H](CC=C3[C@H]2C[C@H]2C(=O)N(Nc4ccc(Cl)cc4Cl)C(=O)[C@@]2(c2ccc(OC)cc2)[C@H]3c2ccc(OC)c(O)c2)C1=O. The fourth-order valence-corrected chi connectivity index (χ4v) is 8.83. The van der Waals surface area contributed by atoms with Crippen LogP contribution in [0.2, 0.25) is 10.0 Å². The highest BCUT2D eigenvalue weighted by Gasteiger charge is 2.70. The highest BCUT2D eigenvalue weighted by atomic mass is 35.5. The van der Waals surface area contributed by atoms with Crippen LogP contribution in [0.1, 0.15) is 29.9 Å². The van der Waals surface area contributed by atoms with Gasteiger partial charge in [0.2, 0.25) is 11.8 Å². The lowest BCUT2D eigenvalue weighted by molar-refractivity contribution is -0.140. The van der Waals surface area contributed by atoms with Gasteiger partial charge in [-0.1, -0.05) is 53.1 Å². The number of hydrazine groups is 1. The number of halogens is 2. The maximum absolute atomic E-state index is 15.2. The molecule has 3 aromatic rings. The number of carbonyl (C=O) groups excluding carboxylic acids is 5. The monoisotopic (exact) mass is 719 g/mol. The number of phenols is 1. The van der Waals surface area contributed by atoms with E-state index in [4.69, 9.17) is 37.4 Å². The first kappa shape index (κ1) is 33.4. The van der Waals surface area contributed by atoms with Crippen molar-refractivity contribution in [3.05, 3.63) is 93.5 Å². The molecule has 6 atom stereocenters. The van der Waals surface area contributed by atoms with Crippen molar-refractivity contribution in [2.45, 2.75) is 24.2 Å². The van der Waals surface area contributed by atoms with Gasteiger partial charge < -0.3 is 19.3 Å². The van der Waals surface area contributed by atoms with Crippen LogP contribution in [0, 0.1) is 23.7 Å². The number of nitrogens with zero attached hydrogens (tertiary/aromatic N) is 2. The Balaban J connectivity index is 1.47. The molecule has 0 spiro atoms. The molecule has 2 heterocycles. The summed E-state index contributed by atoms with van der Waals surface area (Å²) >= 11 is 12.6. The van der Waals surface area contributed by atoms with Crippen LogP contribution in [-0.2, 0) is 29.3 Å². The third-order valence-corrected chi connectivity index (χ3v) is 11.0. The molecule has 0 aromatic heterocycles. The van der Waals surface area contributed by atoms with Crippen LogP contribution >= 0.6 is 23.2 Å². The van der Waals surface area contributed by atoms with Gasteiger partial charge in [0.05, 0.1) is 55.2 Å². The molecule has 3 fully saturated rings. The number of benzene rings is 3. The van der Waals surface area contributed by atoms with Crippen LogP contribution in [0.25, 0.3) is 0 Å². The van der Waals surface area contributed by atoms with Crippen LogP contribution in [0.5, 0.6) is 17.2 Å². The first-order valence-corrected chi connectivity index (χ1v) is 16.5. The second-order valence-corrected chi connectivity index (χ2v) is 13.5. The molecule has 0 unspecified atom stereocenters. The zero-order valence-corrected chi connectivity index (χ0v) is 28.5. The van der Waals surface area contributed by atoms with Crippen molar-refractivity contribution < 1.29 is 43.3 Å². The van der Waals surface area contributed by atoms with Crippen LogP contribution in [-0.4, -0.2) is 66.1 Å². The number of aromatic hydroxyl groups is 1. The molecule has 2 aliphatic carbocycles. The Hall–Kier alpha value is -5.07. The molecule has 2 aliphatic heterocycles. The Kier molecular flexibility index (Phi) is 8.26. The molecule has 4 aliphatic rings. The summed E-state index contributed by atoms with van der Waals surface area (Å²) < 4.78 is 15.5. The topological polar surface area (TPSA) is 152 Å². The Morgan fingerprint density at radius 2 is 1.64 bits per heavy atom. The highest BCUT2D eigenvalue weighted by Crippen LogP contribution is 2.64. The van der Waals surface area contributed by atoms with Gasteiger partial charge in [0.1, 0.15) is 5.75 Å². The molecule has 0 bridgehead atoms. The number of anilines is 1. The highest BCUT2D eigenvalue weighted by molar-refractivity contribution is 6.36. The molecule has 2 saturated heterocycles. The Morgan fingerprint density at radius 3 is 2.28 bits per heavy atom. The predicted molar refractivity (Wildman–Crippen MR) is 180 cm³/mol. The van der Waals surface area contributed by atoms with Crippen LogP contribution in [0.15, 0.2) is 72.3 Å². The van der Waals surface area contributed by atoms with Gasteiger partial charge >= 0.3 is 6.09 Å². The summed E-state index contributed by atoms with van der Waals surface area (Å²) in [5.41, 5.74) is 3.13. The number of nitrogens with one attached hydrogen (secondary N) is 1. The predicted octanol–water partition coefficient (Wildman–Crippen LogP) is 5.47. The Bertz CT molecular complexity index is 2000. The molecular formula is C36H31Cl2N3O9. The Labute approximate surface area is 296 Å². The number of allylic oxidation sites excluding steroid dienone is 2. The normalized spacial score (nSPS) is 27.0. The molecule has 50 heavy (non-hydrogen) atoms. The molecule has 12 nitrogen and oxygen atoms in total. The van der Waals surface area contributed by atoms with Crippen molar-refractivity contribution >= 4 is 58.6 Å². The van der Waals surface area contributed by atoms with Gasteiger partial charge in [-0.15, -0.1) is 0 Å². The number of fused-ring (bicyclic) bond motifs is 4. The number of amides is 5. The van der Waals surface area contributed by atoms with Crippen molar-refractivity contribution in [3.8, 4) is 17.2 Å². The van der Waals surface area contributed by atoms with E-state index in [0.29, 0.717) is 32.4 Å². The molecule has 7 rings (SSSR count). The number of likely N-dealkylation sites (tertiary alicyclic amines) is 1. The van der Waals surface area contributed by atoms with E-state index in [1.165, 1.54) is 26.4 Å². The summed E-state index contributed by atoms with van der Waals surface area (Å²) in [6.45, 7) is 0. The number of hydrogen-bond acceptors (Lipinski definition) is 10. The van der Waals surface area contributed by atoms with E-state index in [9.17, 15) is 24.3 Å². The smallest absolute Gasteiger partial charge is 0.423 e. The van der Waals surface area contributed by atoms with Crippen LogP contribution < -0.4 is 14.9 Å². The van der Waals surface area contributed by atoms with E-state index < -0.39 is 64.7 Å². The van der Waals surface area contributed by atoms with Gasteiger partial charge in [-0.3, -0.25) is 24.6 Å². The standard InChI is InChI=1S/C36H31Cl2N3O9/c1-48-20-8-5-18(6-9-20)36-24(32(44)41(34(36)46)39-26-12-7-19(37)15-25(26)38)16-23-21(30(36)17-4-13-28(49-2)27(42)14-17)10-11-22-29(23)33(45)40(31(22)43)35(47)50-3/h4-10,12-15,22-24,29-30,39,42H,11,16H2,1-3H3/t22-,23+,24-,29-,30-,36+/m0/s1. The molecule has 5 amide bonds. The van der Waals surface area contributed by atoms with Crippen molar-refractivity contribution in [1.29, 1.82) is 0 Å². The fraction of sp³-hybridized carbons (Fsp3) is 0.306. The van der Waals surface area contributed by atoms with E-state index in [1.54, 1.807) is 48.5 Å². The summed E-state index contributed by atoms with van der Waals surface area (Å²) in [4.78, 5) is 70.5. The zero-order chi connectivity index (χ0) is 35.6. The molecule has 14 heteroatoms. The minimum atomic E-state index is -1.63. The second kappa shape index (κ2) is 12.4. The maximum atomic E-state index is 15.2. The molecule has 2 N–H and O–H groups in total. The first-order valence-electron chi connectivity index (χ1n) is 15.7. The summed E-state index contributed by atoms with van der Waals surface area (Å²) in [5.74, 6) is -6.73. The lowest BCUT2D eigenvalue weighted by atomic mass is 9.49. The van der Waals surface area contributed by atoms with Gasteiger partial charge in [-0.2, -0.15) is 9.91 Å². The zero-order valence-electron chi connectivity index (χ0n) is 27.0. The third kappa shape index (κ3) is 4.76. The molecular weight excluding hydrogens is 689 g/mol.